The number of hydrogen-bond acceptors (Lipinski definition) is 8. The quantitative estimate of drug-likeness (QED) is 0.374. The average molecular weight is 467 g/mol. The van der Waals surface area contributed by atoms with Gasteiger partial charge in [0.2, 0.25) is 12.7 Å². The molecule has 0 saturated heterocycles. The molecule has 0 spiro atoms. The summed E-state index contributed by atoms with van der Waals surface area (Å²) in [6, 6.07) is 16.1. The van der Waals surface area contributed by atoms with Crippen LogP contribution >= 0.6 is 11.8 Å². The Morgan fingerprint density at radius 3 is 2.73 bits per heavy atom. The first-order valence-electron chi connectivity index (χ1n) is 10.2. The minimum Gasteiger partial charge on any atom is -0.497 e. The molecule has 1 aliphatic rings. The third-order valence-corrected chi connectivity index (χ3v) is 5.78. The number of amides is 1. The van der Waals surface area contributed by atoms with Crippen LogP contribution in [0.25, 0.3) is 0 Å². The molecule has 1 amide bonds. The van der Waals surface area contributed by atoms with Gasteiger partial charge in [0, 0.05) is 24.4 Å². The van der Waals surface area contributed by atoms with Gasteiger partial charge >= 0.3 is 5.97 Å². The summed E-state index contributed by atoms with van der Waals surface area (Å²) in [7, 11) is 1.61. The third kappa shape index (κ3) is 5.95. The van der Waals surface area contributed by atoms with E-state index in [0.29, 0.717) is 34.2 Å². The molecule has 1 aromatic heterocycles. The average Bonchev–Trinajstić information content (AvgIpc) is 3.31. The Morgan fingerprint density at radius 2 is 1.91 bits per heavy atom. The molecule has 8 nitrogen and oxygen atoms in total. The van der Waals surface area contributed by atoms with Crippen LogP contribution in [0, 0.1) is 0 Å². The van der Waals surface area contributed by atoms with Crippen LogP contribution in [0.1, 0.15) is 15.9 Å². The second-order valence-electron chi connectivity index (χ2n) is 7.00. The monoisotopic (exact) mass is 466 g/mol. The van der Waals surface area contributed by atoms with Crippen molar-refractivity contribution in [3.05, 3.63) is 71.9 Å². The van der Waals surface area contributed by atoms with E-state index in [9.17, 15) is 9.59 Å². The van der Waals surface area contributed by atoms with E-state index in [4.69, 9.17) is 18.9 Å². The van der Waals surface area contributed by atoms with Crippen LogP contribution in [0.2, 0.25) is 0 Å². The standard InChI is InChI=1S/C24H22N2O6S/c1-29-18-7-4-16(5-8-18)10-12-30-24(28)19-3-2-11-25-23(19)33-14-22(27)26-17-6-9-20-21(13-17)32-15-31-20/h2-9,11,13H,10,12,14-15H2,1H3,(H,26,27). The maximum absolute atomic E-state index is 12.6. The topological polar surface area (TPSA) is 96.0 Å². The molecule has 170 valence electrons. The molecule has 9 heteroatoms. The number of anilines is 1. The number of benzene rings is 2. The number of carbonyl (C=O) groups is 2. The van der Waals surface area contributed by atoms with Gasteiger partial charge in [-0.3, -0.25) is 4.79 Å². The molecule has 0 unspecified atom stereocenters. The van der Waals surface area contributed by atoms with Crippen molar-refractivity contribution in [1.82, 2.24) is 4.98 Å². The van der Waals surface area contributed by atoms with Gasteiger partial charge in [-0.05, 0) is 42.0 Å². The van der Waals surface area contributed by atoms with Crippen LogP contribution in [0.5, 0.6) is 17.2 Å². The number of hydrogen-bond donors (Lipinski definition) is 1. The van der Waals surface area contributed by atoms with E-state index >= 15 is 0 Å². The van der Waals surface area contributed by atoms with Crippen molar-refractivity contribution < 1.29 is 28.5 Å². The van der Waals surface area contributed by atoms with E-state index in [1.54, 1.807) is 43.6 Å². The Morgan fingerprint density at radius 1 is 1.09 bits per heavy atom. The summed E-state index contributed by atoms with van der Waals surface area (Å²) in [4.78, 5) is 29.2. The molecule has 4 rings (SSSR count). The van der Waals surface area contributed by atoms with Crippen LogP contribution in [-0.4, -0.2) is 43.1 Å². The summed E-state index contributed by atoms with van der Waals surface area (Å²) in [6.07, 6.45) is 2.16. The fraction of sp³-hybridized carbons (Fsp3) is 0.208. The first-order chi connectivity index (χ1) is 16.1. The molecule has 0 aliphatic carbocycles. The lowest BCUT2D eigenvalue weighted by Gasteiger charge is -2.09. The Kier molecular flexibility index (Phi) is 7.31. The van der Waals surface area contributed by atoms with Crippen LogP contribution in [0.15, 0.2) is 65.8 Å². The van der Waals surface area contributed by atoms with Crippen LogP contribution in [0.3, 0.4) is 0 Å². The van der Waals surface area contributed by atoms with Gasteiger partial charge in [0.25, 0.3) is 0 Å². The van der Waals surface area contributed by atoms with Crippen LogP contribution in [-0.2, 0) is 16.0 Å². The number of carbonyl (C=O) groups excluding carboxylic acids is 2. The van der Waals surface area contributed by atoms with Gasteiger partial charge in [0.05, 0.1) is 25.0 Å². The number of thioether (sulfide) groups is 1. The van der Waals surface area contributed by atoms with Gasteiger partial charge in [-0.25, -0.2) is 9.78 Å². The third-order valence-electron chi connectivity index (χ3n) is 4.77. The van der Waals surface area contributed by atoms with Gasteiger partial charge in [-0.1, -0.05) is 23.9 Å². The number of methoxy groups -OCH3 is 1. The fourth-order valence-corrected chi connectivity index (χ4v) is 3.88. The highest BCUT2D eigenvalue weighted by atomic mass is 32.2. The Hall–Kier alpha value is -3.72. The predicted molar refractivity (Wildman–Crippen MR) is 123 cm³/mol. The van der Waals surface area contributed by atoms with Crippen molar-refractivity contribution in [3.8, 4) is 17.2 Å². The number of rotatable bonds is 9. The van der Waals surface area contributed by atoms with Crippen molar-refractivity contribution in [2.45, 2.75) is 11.4 Å². The zero-order valence-electron chi connectivity index (χ0n) is 17.9. The number of esters is 1. The van der Waals surface area contributed by atoms with Gasteiger partial charge < -0.3 is 24.3 Å². The van der Waals surface area contributed by atoms with Crippen LogP contribution in [0.4, 0.5) is 5.69 Å². The molecule has 0 radical (unpaired) electrons. The summed E-state index contributed by atoms with van der Waals surface area (Å²) in [5.74, 6) is 1.38. The largest absolute Gasteiger partial charge is 0.497 e. The summed E-state index contributed by atoms with van der Waals surface area (Å²) in [5, 5.41) is 3.24. The Labute approximate surface area is 195 Å². The number of ether oxygens (including phenoxy) is 4. The first kappa shape index (κ1) is 22.5. The van der Waals surface area contributed by atoms with Crippen molar-refractivity contribution in [2.24, 2.45) is 0 Å². The summed E-state index contributed by atoms with van der Waals surface area (Å²) >= 11 is 1.17. The molecule has 3 aromatic rings. The lowest BCUT2D eigenvalue weighted by molar-refractivity contribution is -0.113. The smallest absolute Gasteiger partial charge is 0.340 e. The Balaban J connectivity index is 1.29. The normalized spacial score (nSPS) is 11.7. The molecule has 2 aromatic carbocycles. The van der Waals surface area contributed by atoms with Crippen molar-refractivity contribution >= 4 is 29.3 Å². The predicted octanol–water partition coefficient (Wildman–Crippen LogP) is 3.95. The molecule has 0 bridgehead atoms. The molecule has 2 heterocycles. The minimum atomic E-state index is -0.477. The van der Waals surface area contributed by atoms with Crippen molar-refractivity contribution in [3.63, 3.8) is 0 Å². The highest BCUT2D eigenvalue weighted by molar-refractivity contribution is 8.00. The fourth-order valence-electron chi connectivity index (χ4n) is 3.10. The lowest BCUT2D eigenvalue weighted by Crippen LogP contribution is -2.15. The first-order valence-corrected chi connectivity index (χ1v) is 11.2. The number of nitrogens with zero attached hydrogens (tertiary/aromatic N) is 1. The van der Waals surface area contributed by atoms with Gasteiger partial charge in [0.1, 0.15) is 10.8 Å². The second kappa shape index (κ2) is 10.7. The molecule has 0 fully saturated rings. The lowest BCUT2D eigenvalue weighted by atomic mass is 10.1. The number of pyridine rings is 1. The van der Waals surface area contributed by atoms with E-state index < -0.39 is 5.97 Å². The number of nitrogens with one attached hydrogen (secondary N) is 1. The minimum absolute atomic E-state index is 0.0809. The van der Waals surface area contributed by atoms with E-state index in [-0.39, 0.29) is 25.1 Å². The Bertz CT molecular complexity index is 1140. The van der Waals surface area contributed by atoms with Crippen molar-refractivity contribution in [1.29, 1.82) is 0 Å². The van der Waals surface area contributed by atoms with E-state index in [1.807, 2.05) is 24.3 Å². The van der Waals surface area contributed by atoms with Crippen molar-refractivity contribution in [2.75, 3.05) is 31.6 Å². The number of fused-ring (bicyclic) bond motifs is 1. The van der Waals surface area contributed by atoms with E-state index in [2.05, 4.69) is 10.3 Å². The van der Waals surface area contributed by atoms with E-state index in [0.717, 1.165) is 11.3 Å². The van der Waals surface area contributed by atoms with E-state index in [1.165, 1.54) is 11.8 Å². The molecule has 33 heavy (non-hydrogen) atoms. The van der Waals surface area contributed by atoms with Gasteiger partial charge in [0.15, 0.2) is 11.5 Å². The summed E-state index contributed by atoms with van der Waals surface area (Å²) in [6.45, 7) is 0.399. The molecule has 0 atom stereocenters. The summed E-state index contributed by atoms with van der Waals surface area (Å²) < 4.78 is 21.1. The van der Waals surface area contributed by atoms with Gasteiger partial charge in [-0.2, -0.15) is 0 Å². The summed E-state index contributed by atoms with van der Waals surface area (Å²) in [5.41, 5.74) is 1.96. The zero-order chi connectivity index (χ0) is 23.0. The molecule has 1 N–H and O–H groups in total. The SMILES string of the molecule is COc1ccc(CCOC(=O)c2cccnc2SCC(=O)Nc2ccc3c(c2)OCO3)cc1. The zero-order valence-corrected chi connectivity index (χ0v) is 18.7. The van der Waals surface area contributed by atoms with Crippen LogP contribution < -0.4 is 19.5 Å². The highest BCUT2D eigenvalue weighted by Gasteiger charge is 2.17. The second-order valence-corrected chi connectivity index (χ2v) is 7.96. The maximum atomic E-state index is 12.6. The number of aromatic nitrogens is 1. The van der Waals surface area contributed by atoms with Gasteiger partial charge in [-0.15, -0.1) is 0 Å². The molecular weight excluding hydrogens is 444 g/mol. The molecular formula is C24H22N2O6S. The molecule has 0 saturated carbocycles. The maximum Gasteiger partial charge on any atom is 0.340 e. The highest BCUT2D eigenvalue weighted by Crippen LogP contribution is 2.34. The molecule has 1 aliphatic heterocycles.